The topological polar surface area (TPSA) is 112 Å². The van der Waals surface area contributed by atoms with Gasteiger partial charge in [0.2, 0.25) is 5.88 Å². The number of aromatic nitrogens is 2. The van der Waals surface area contributed by atoms with Gasteiger partial charge >= 0.3 is 5.97 Å². The molecule has 0 saturated heterocycles. The van der Waals surface area contributed by atoms with E-state index in [0.717, 1.165) is 81.6 Å². The molecular formula is C34H53N3O6. The van der Waals surface area contributed by atoms with E-state index < -0.39 is 5.97 Å². The molecule has 2 N–H and O–H groups in total. The van der Waals surface area contributed by atoms with E-state index in [4.69, 9.17) is 23.9 Å². The Morgan fingerprint density at radius 1 is 0.930 bits per heavy atom. The lowest BCUT2D eigenvalue weighted by atomic mass is 9.91. The van der Waals surface area contributed by atoms with Gasteiger partial charge in [-0.25, -0.2) is 9.97 Å². The summed E-state index contributed by atoms with van der Waals surface area (Å²) in [4.78, 5) is 20.7. The van der Waals surface area contributed by atoms with Crippen LogP contribution in [-0.4, -0.2) is 73.8 Å². The fourth-order valence-corrected chi connectivity index (χ4v) is 5.00. The molecule has 0 unspecified atom stereocenters. The molecule has 3 heterocycles. The average molecular weight is 600 g/mol. The summed E-state index contributed by atoms with van der Waals surface area (Å²) in [6, 6.07) is 8.12. The number of unbranched alkanes of at least 4 members (excludes halogenated alkanes) is 3. The van der Waals surface area contributed by atoms with Gasteiger partial charge in [-0.3, -0.25) is 4.79 Å². The van der Waals surface area contributed by atoms with Crippen molar-refractivity contribution in [3.63, 3.8) is 0 Å². The molecule has 0 aliphatic carbocycles. The van der Waals surface area contributed by atoms with Crippen molar-refractivity contribution in [3.8, 4) is 5.88 Å². The number of carboxylic acid groups (broad SMARTS) is 1. The van der Waals surface area contributed by atoms with Crippen LogP contribution in [0.15, 0.2) is 30.5 Å². The van der Waals surface area contributed by atoms with E-state index in [1.165, 1.54) is 12.0 Å². The molecule has 240 valence electrons. The van der Waals surface area contributed by atoms with Gasteiger partial charge in [0.25, 0.3) is 0 Å². The molecule has 43 heavy (non-hydrogen) atoms. The zero-order valence-corrected chi connectivity index (χ0v) is 26.6. The zero-order valence-electron chi connectivity index (χ0n) is 26.6. The molecule has 0 spiro atoms. The van der Waals surface area contributed by atoms with Crippen molar-refractivity contribution in [1.82, 2.24) is 9.97 Å². The van der Waals surface area contributed by atoms with Crippen molar-refractivity contribution >= 4 is 11.8 Å². The van der Waals surface area contributed by atoms with Crippen LogP contribution in [-0.2, 0) is 31.8 Å². The summed E-state index contributed by atoms with van der Waals surface area (Å²) in [6.45, 7) is 11.4. The highest BCUT2D eigenvalue weighted by atomic mass is 16.6. The number of anilines is 1. The lowest BCUT2D eigenvalue weighted by molar-refractivity contribution is -0.137. The maximum atomic E-state index is 11.5. The summed E-state index contributed by atoms with van der Waals surface area (Å²) in [6.07, 6.45) is 11.2. The Labute approximate surface area is 258 Å². The molecule has 9 nitrogen and oxygen atoms in total. The summed E-state index contributed by atoms with van der Waals surface area (Å²) in [5, 5.41) is 12.9. The Balaban J connectivity index is 1.24. The Hall–Kier alpha value is -2.75. The number of hydrogen-bond donors (Lipinski definition) is 2. The molecule has 1 aliphatic rings. The van der Waals surface area contributed by atoms with Gasteiger partial charge in [-0.05, 0) is 67.1 Å². The van der Waals surface area contributed by atoms with Crippen LogP contribution in [0.1, 0.15) is 94.9 Å². The second kappa shape index (κ2) is 19.5. The second-order valence-corrected chi connectivity index (χ2v) is 12.5. The van der Waals surface area contributed by atoms with Crippen molar-refractivity contribution in [2.45, 2.75) is 90.9 Å². The van der Waals surface area contributed by atoms with Gasteiger partial charge in [-0.1, -0.05) is 52.2 Å². The van der Waals surface area contributed by atoms with E-state index in [-0.39, 0.29) is 17.8 Å². The van der Waals surface area contributed by atoms with E-state index in [9.17, 15) is 9.90 Å². The molecule has 0 fully saturated rings. The van der Waals surface area contributed by atoms with Crippen molar-refractivity contribution in [3.05, 3.63) is 47.3 Å². The normalized spacial score (nSPS) is 13.7. The molecule has 0 bridgehead atoms. The number of aliphatic carboxylic acids is 1. The number of aryl methyl sites for hydroxylation is 2. The SMILES string of the molecule is CC(C)(C)CCOCCOCCOCCOc1ccc([C@@H](CCCCCCc2ccc3c(n2)NCCC3)CC(=O)O)cn1. The van der Waals surface area contributed by atoms with Crippen molar-refractivity contribution in [2.24, 2.45) is 5.41 Å². The largest absolute Gasteiger partial charge is 0.481 e. The third-order valence-electron chi connectivity index (χ3n) is 7.56. The van der Waals surface area contributed by atoms with Crippen LogP contribution in [0, 0.1) is 5.41 Å². The number of fused-ring (bicyclic) bond motifs is 1. The average Bonchev–Trinajstić information content (AvgIpc) is 2.98. The van der Waals surface area contributed by atoms with Crippen LogP contribution >= 0.6 is 0 Å². The van der Waals surface area contributed by atoms with E-state index in [0.29, 0.717) is 45.5 Å². The lowest BCUT2D eigenvalue weighted by Crippen LogP contribution is -2.14. The minimum absolute atomic E-state index is 0.0559. The summed E-state index contributed by atoms with van der Waals surface area (Å²) < 4.78 is 22.4. The van der Waals surface area contributed by atoms with Crippen LogP contribution in [0.2, 0.25) is 0 Å². The Kier molecular flexibility index (Phi) is 15.8. The predicted octanol–water partition coefficient (Wildman–Crippen LogP) is 6.45. The number of pyridine rings is 2. The third kappa shape index (κ3) is 15.0. The second-order valence-electron chi connectivity index (χ2n) is 12.5. The molecule has 0 aromatic carbocycles. The van der Waals surface area contributed by atoms with Crippen LogP contribution < -0.4 is 10.1 Å². The standard InChI is InChI=1S/C34H53N3O6/c1-34(2,3)16-18-40-19-20-41-21-22-42-23-24-43-31-15-13-29(26-36-31)28(25-32(38)39)9-6-4-5-7-11-30-14-12-27-10-8-17-35-33(27)37-30/h12-15,26,28H,4-11,16-25H2,1-3H3,(H,35,37)(H,38,39)/t28-/m0/s1. The van der Waals surface area contributed by atoms with E-state index in [1.54, 1.807) is 6.20 Å². The molecule has 2 aromatic heterocycles. The van der Waals surface area contributed by atoms with Gasteiger partial charge in [0, 0.05) is 31.1 Å². The van der Waals surface area contributed by atoms with Gasteiger partial charge in [0.15, 0.2) is 0 Å². The summed E-state index contributed by atoms with van der Waals surface area (Å²) in [5.74, 6) is 0.728. The number of carboxylic acids is 1. The van der Waals surface area contributed by atoms with Crippen LogP contribution in [0.4, 0.5) is 5.82 Å². The highest BCUT2D eigenvalue weighted by Crippen LogP contribution is 2.27. The smallest absolute Gasteiger partial charge is 0.303 e. The quantitative estimate of drug-likeness (QED) is 0.147. The van der Waals surface area contributed by atoms with Gasteiger partial charge in [0.1, 0.15) is 12.4 Å². The maximum absolute atomic E-state index is 11.5. The molecule has 9 heteroatoms. The monoisotopic (exact) mass is 599 g/mol. The van der Waals surface area contributed by atoms with E-state index >= 15 is 0 Å². The van der Waals surface area contributed by atoms with Crippen molar-refractivity contribution < 1.29 is 28.8 Å². The molecule has 1 aliphatic heterocycles. The number of nitrogens with zero attached hydrogens (tertiary/aromatic N) is 2. The Morgan fingerprint density at radius 2 is 1.65 bits per heavy atom. The molecule has 2 aromatic rings. The molecule has 1 atom stereocenters. The minimum Gasteiger partial charge on any atom is -0.481 e. The third-order valence-corrected chi connectivity index (χ3v) is 7.56. The molecule has 3 rings (SSSR count). The number of ether oxygens (including phenoxy) is 4. The van der Waals surface area contributed by atoms with Crippen molar-refractivity contribution in [1.29, 1.82) is 0 Å². The first kappa shape index (κ1) is 34.7. The number of rotatable bonds is 22. The molecule has 0 radical (unpaired) electrons. The fraction of sp³-hybridized carbons (Fsp3) is 0.676. The summed E-state index contributed by atoms with van der Waals surface area (Å²) in [5.41, 5.74) is 3.70. The summed E-state index contributed by atoms with van der Waals surface area (Å²) in [7, 11) is 0. The highest BCUT2D eigenvalue weighted by molar-refractivity contribution is 5.68. The van der Waals surface area contributed by atoms with Crippen LogP contribution in [0.3, 0.4) is 0 Å². The van der Waals surface area contributed by atoms with E-state index in [2.05, 4.69) is 43.2 Å². The molecular weight excluding hydrogens is 546 g/mol. The minimum atomic E-state index is -0.786. The Morgan fingerprint density at radius 3 is 2.35 bits per heavy atom. The fourth-order valence-electron chi connectivity index (χ4n) is 5.00. The van der Waals surface area contributed by atoms with Gasteiger partial charge in [0.05, 0.1) is 39.5 Å². The van der Waals surface area contributed by atoms with Crippen LogP contribution in [0.5, 0.6) is 5.88 Å². The van der Waals surface area contributed by atoms with Gasteiger partial charge in [-0.15, -0.1) is 0 Å². The van der Waals surface area contributed by atoms with Gasteiger partial charge < -0.3 is 29.4 Å². The summed E-state index contributed by atoms with van der Waals surface area (Å²) >= 11 is 0. The first-order valence-electron chi connectivity index (χ1n) is 16.1. The first-order chi connectivity index (χ1) is 20.8. The van der Waals surface area contributed by atoms with Gasteiger partial charge in [-0.2, -0.15) is 0 Å². The zero-order chi connectivity index (χ0) is 30.8. The van der Waals surface area contributed by atoms with Crippen molar-refractivity contribution in [2.75, 3.05) is 58.1 Å². The number of hydrogen-bond acceptors (Lipinski definition) is 8. The molecule has 0 saturated carbocycles. The number of carbonyl (C=O) groups is 1. The highest BCUT2D eigenvalue weighted by Gasteiger charge is 2.16. The maximum Gasteiger partial charge on any atom is 0.303 e. The van der Waals surface area contributed by atoms with Crippen LogP contribution in [0.25, 0.3) is 0 Å². The number of nitrogens with one attached hydrogen (secondary N) is 1. The molecule has 0 amide bonds. The Bertz CT molecular complexity index is 1060. The lowest BCUT2D eigenvalue weighted by Gasteiger charge is -2.17. The predicted molar refractivity (Wildman–Crippen MR) is 169 cm³/mol. The van der Waals surface area contributed by atoms with E-state index in [1.807, 2.05) is 12.1 Å². The first-order valence-corrected chi connectivity index (χ1v) is 16.1.